The Morgan fingerprint density at radius 1 is 1.25 bits per heavy atom. The van der Waals surface area contributed by atoms with Crippen LogP contribution in [-0.4, -0.2) is 70.0 Å². The van der Waals surface area contributed by atoms with Gasteiger partial charge in [0.25, 0.3) is 0 Å². The Labute approximate surface area is 122 Å². The molecule has 0 bridgehead atoms. The van der Waals surface area contributed by atoms with Crippen LogP contribution in [0.5, 0.6) is 0 Å². The van der Waals surface area contributed by atoms with Crippen LogP contribution in [0.1, 0.15) is 26.2 Å². The number of carbonyl (C=O) groups is 2. The molecule has 1 atom stereocenters. The van der Waals surface area contributed by atoms with Crippen molar-refractivity contribution >= 4 is 12.2 Å². The second-order valence-corrected chi connectivity index (χ2v) is 4.92. The molecule has 0 aliphatic heterocycles. The minimum atomic E-state index is -0.397. The molecule has 118 valence electrons. The molecule has 0 aromatic carbocycles. The van der Waals surface area contributed by atoms with E-state index in [0.29, 0.717) is 13.1 Å². The lowest BCUT2D eigenvalue weighted by molar-refractivity contribution is -0.124. The molecule has 0 saturated heterocycles. The van der Waals surface area contributed by atoms with Gasteiger partial charge in [-0.3, -0.25) is 4.79 Å². The van der Waals surface area contributed by atoms with Crippen molar-refractivity contribution in [2.75, 3.05) is 46.8 Å². The fourth-order valence-electron chi connectivity index (χ4n) is 1.95. The Bertz CT molecular complexity index is 262. The van der Waals surface area contributed by atoms with E-state index in [1.165, 1.54) is 0 Å². The molecule has 0 saturated carbocycles. The summed E-state index contributed by atoms with van der Waals surface area (Å²) in [7, 11) is 4.04. The van der Waals surface area contributed by atoms with E-state index in [9.17, 15) is 9.59 Å². The minimum absolute atomic E-state index is 0.0863. The molecule has 3 N–H and O–H groups in total. The van der Waals surface area contributed by atoms with E-state index in [4.69, 9.17) is 0 Å². The number of likely N-dealkylation sites (N-methyl/N-ethyl adjacent to an activating group) is 1. The van der Waals surface area contributed by atoms with Crippen molar-refractivity contribution in [3.8, 4) is 0 Å². The maximum absolute atomic E-state index is 11.8. The molecule has 0 fully saturated rings. The van der Waals surface area contributed by atoms with E-state index in [1.54, 1.807) is 0 Å². The van der Waals surface area contributed by atoms with Gasteiger partial charge >= 0.3 is 0 Å². The van der Waals surface area contributed by atoms with Gasteiger partial charge in [0.2, 0.25) is 5.91 Å². The molecule has 6 nitrogen and oxygen atoms in total. The molecule has 6 heteroatoms. The van der Waals surface area contributed by atoms with Gasteiger partial charge in [-0.05, 0) is 53.1 Å². The lowest BCUT2D eigenvalue weighted by atomic mass is 10.2. The number of hydrogen-bond donors (Lipinski definition) is 3. The van der Waals surface area contributed by atoms with Crippen LogP contribution in [0.4, 0.5) is 0 Å². The molecule has 1 unspecified atom stereocenters. The third-order valence-corrected chi connectivity index (χ3v) is 3.08. The Balaban J connectivity index is 3.70. The number of amides is 1. The number of hydrogen-bond acceptors (Lipinski definition) is 5. The standard InChI is InChI=1S/C14H30N4O2/c1-4-16-13(7-12-19)14(20)17-9-6-11-18(3)10-5-8-15-2/h12-13,15-16H,4-11H2,1-3H3,(H,17,20). The molecule has 0 aliphatic rings. The summed E-state index contributed by atoms with van der Waals surface area (Å²) >= 11 is 0. The number of rotatable bonds is 13. The van der Waals surface area contributed by atoms with Crippen LogP contribution in [0, 0.1) is 0 Å². The highest BCUT2D eigenvalue weighted by Gasteiger charge is 2.15. The summed E-state index contributed by atoms with van der Waals surface area (Å²) in [5.41, 5.74) is 0. The van der Waals surface area contributed by atoms with Crippen molar-refractivity contribution < 1.29 is 9.59 Å². The predicted octanol–water partition coefficient (Wildman–Crippen LogP) is -0.399. The quantitative estimate of drug-likeness (QED) is 0.317. The van der Waals surface area contributed by atoms with Crippen LogP contribution in [-0.2, 0) is 9.59 Å². The molecular formula is C14H30N4O2. The smallest absolute Gasteiger partial charge is 0.237 e. The first kappa shape index (κ1) is 19.0. The molecule has 0 rings (SSSR count). The third kappa shape index (κ3) is 9.89. The largest absolute Gasteiger partial charge is 0.355 e. The Hall–Kier alpha value is -0.980. The second kappa shape index (κ2) is 13.0. The topological polar surface area (TPSA) is 73.5 Å². The van der Waals surface area contributed by atoms with Crippen LogP contribution in [0.3, 0.4) is 0 Å². The summed E-state index contributed by atoms with van der Waals surface area (Å²) in [5, 5.41) is 9.00. The maximum atomic E-state index is 11.8. The van der Waals surface area contributed by atoms with E-state index in [1.807, 2.05) is 14.0 Å². The van der Waals surface area contributed by atoms with Crippen molar-refractivity contribution in [2.45, 2.75) is 32.2 Å². The summed E-state index contributed by atoms with van der Waals surface area (Å²) in [4.78, 5) is 24.6. The van der Waals surface area contributed by atoms with Crippen LogP contribution in [0.2, 0.25) is 0 Å². The van der Waals surface area contributed by atoms with Crippen molar-refractivity contribution in [3.05, 3.63) is 0 Å². The average molecular weight is 286 g/mol. The number of carbonyl (C=O) groups excluding carboxylic acids is 2. The van der Waals surface area contributed by atoms with E-state index in [-0.39, 0.29) is 12.3 Å². The second-order valence-electron chi connectivity index (χ2n) is 4.92. The van der Waals surface area contributed by atoms with Crippen LogP contribution in [0.15, 0.2) is 0 Å². The van der Waals surface area contributed by atoms with Crippen molar-refractivity contribution in [1.82, 2.24) is 20.9 Å². The van der Waals surface area contributed by atoms with Crippen LogP contribution in [0.25, 0.3) is 0 Å². The van der Waals surface area contributed by atoms with Crippen molar-refractivity contribution in [2.24, 2.45) is 0 Å². The molecule has 20 heavy (non-hydrogen) atoms. The van der Waals surface area contributed by atoms with Gasteiger partial charge in [0.05, 0.1) is 6.04 Å². The monoisotopic (exact) mass is 286 g/mol. The molecule has 0 heterocycles. The zero-order valence-corrected chi connectivity index (χ0v) is 13.1. The first-order chi connectivity index (χ1) is 9.65. The Kier molecular flexibility index (Phi) is 12.4. The van der Waals surface area contributed by atoms with Gasteiger partial charge in [-0.1, -0.05) is 6.92 Å². The van der Waals surface area contributed by atoms with Gasteiger partial charge in [-0.15, -0.1) is 0 Å². The number of nitrogens with one attached hydrogen (secondary N) is 3. The zero-order valence-electron chi connectivity index (χ0n) is 13.1. The van der Waals surface area contributed by atoms with Gasteiger partial charge in [0.1, 0.15) is 6.29 Å². The molecule has 0 aliphatic carbocycles. The van der Waals surface area contributed by atoms with Gasteiger partial charge in [-0.2, -0.15) is 0 Å². The van der Waals surface area contributed by atoms with E-state index in [2.05, 4.69) is 27.9 Å². The van der Waals surface area contributed by atoms with E-state index >= 15 is 0 Å². The first-order valence-corrected chi connectivity index (χ1v) is 7.43. The highest BCUT2D eigenvalue weighted by Crippen LogP contribution is 1.92. The van der Waals surface area contributed by atoms with E-state index in [0.717, 1.165) is 38.8 Å². The van der Waals surface area contributed by atoms with Crippen LogP contribution >= 0.6 is 0 Å². The lowest BCUT2D eigenvalue weighted by Gasteiger charge is -2.18. The van der Waals surface area contributed by atoms with Crippen molar-refractivity contribution in [1.29, 1.82) is 0 Å². The summed E-state index contributed by atoms with van der Waals surface area (Å²) in [6.07, 6.45) is 3.05. The summed E-state index contributed by atoms with van der Waals surface area (Å²) < 4.78 is 0. The normalized spacial score (nSPS) is 12.4. The van der Waals surface area contributed by atoms with Gasteiger partial charge in [-0.25, -0.2) is 0 Å². The van der Waals surface area contributed by atoms with Gasteiger partial charge < -0.3 is 25.6 Å². The van der Waals surface area contributed by atoms with Crippen LogP contribution < -0.4 is 16.0 Å². The minimum Gasteiger partial charge on any atom is -0.355 e. The molecule has 0 radical (unpaired) electrons. The van der Waals surface area contributed by atoms with E-state index < -0.39 is 6.04 Å². The summed E-state index contributed by atoms with van der Waals surface area (Å²) in [6.45, 7) is 6.29. The Morgan fingerprint density at radius 3 is 2.45 bits per heavy atom. The summed E-state index contributed by atoms with van der Waals surface area (Å²) in [5.74, 6) is -0.0863. The lowest BCUT2D eigenvalue weighted by Crippen LogP contribution is -2.45. The number of aldehydes is 1. The fraction of sp³-hybridized carbons (Fsp3) is 0.857. The highest BCUT2D eigenvalue weighted by atomic mass is 16.2. The van der Waals surface area contributed by atoms with Gasteiger partial charge in [0, 0.05) is 13.0 Å². The maximum Gasteiger partial charge on any atom is 0.237 e. The molecule has 0 aromatic rings. The highest BCUT2D eigenvalue weighted by molar-refractivity contribution is 5.84. The number of nitrogens with zero attached hydrogens (tertiary/aromatic N) is 1. The average Bonchev–Trinajstić information content (AvgIpc) is 2.43. The first-order valence-electron chi connectivity index (χ1n) is 7.43. The van der Waals surface area contributed by atoms with Crippen molar-refractivity contribution in [3.63, 3.8) is 0 Å². The fourth-order valence-corrected chi connectivity index (χ4v) is 1.95. The molecule has 0 aromatic heterocycles. The zero-order chi connectivity index (χ0) is 15.2. The summed E-state index contributed by atoms with van der Waals surface area (Å²) in [6, 6.07) is -0.397. The molecule has 1 amide bonds. The molecule has 0 spiro atoms. The third-order valence-electron chi connectivity index (χ3n) is 3.08. The molecular weight excluding hydrogens is 256 g/mol. The van der Waals surface area contributed by atoms with Gasteiger partial charge in [0.15, 0.2) is 0 Å². The predicted molar refractivity (Wildman–Crippen MR) is 81.8 cm³/mol. The SMILES string of the molecule is CCNC(CC=O)C(=O)NCCCN(C)CCCNC. The Morgan fingerprint density at radius 2 is 1.90 bits per heavy atom.